The lowest BCUT2D eigenvalue weighted by molar-refractivity contribution is 0.0979. The van der Waals surface area contributed by atoms with Gasteiger partial charge in [-0.05, 0) is 64.0 Å². The number of aromatic nitrogens is 1. The first-order chi connectivity index (χ1) is 22.2. The van der Waals surface area contributed by atoms with Crippen molar-refractivity contribution in [2.24, 2.45) is 0 Å². The van der Waals surface area contributed by atoms with Gasteiger partial charge in [0.25, 0.3) is 0 Å². The van der Waals surface area contributed by atoms with Crippen LogP contribution in [0.3, 0.4) is 0 Å². The Labute approximate surface area is 267 Å². The third-order valence-electron chi connectivity index (χ3n) is 10.1. The first kappa shape index (κ1) is 30.8. The standard InChI is InChI=1S/C18H20FN3O2.C17H22FN3O/c1-20-4-6-21(7-5-20)17-9-16-14(8-15(17)19)18(24)12(11-23)10-22(16)13-2-3-13;1-19-6-8-20(9-7-19)16-11-15-13(10-14(16)18)17(22)4-5-21(15)12-2-3-12/h8-11,13H,2-7H2,1H3;10-12H,2-9H2,1H3. The minimum atomic E-state index is -0.394. The lowest BCUT2D eigenvalue weighted by atomic mass is 9.98. The molecule has 3 aliphatic heterocycles. The van der Waals surface area contributed by atoms with E-state index in [1.807, 2.05) is 15.5 Å². The number of carbonyl (C=O) groups excluding carboxylic acids is 2. The summed E-state index contributed by atoms with van der Waals surface area (Å²) in [5.74, 6) is -0.570. The summed E-state index contributed by atoms with van der Waals surface area (Å²) in [5, 5.41) is 0.293. The van der Waals surface area contributed by atoms with Gasteiger partial charge in [0.05, 0.1) is 28.1 Å². The number of hydrogen-bond donors (Lipinski definition) is 0. The van der Waals surface area contributed by atoms with Crippen molar-refractivity contribution in [1.29, 1.82) is 0 Å². The van der Waals surface area contributed by atoms with Crippen LogP contribution in [0.15, 0.2) is 35.3 Å². The molecule has 2 aliphatic carbocycles. The zero-order valence-corrected chi connectivity index (χ0v) is 26.7. The second kappa shape index (κ2) is 12.4. The SMILES string of the molecule is CN1CCN(c2cc3c(cc2F)C(=O)CCN3C2CC2)CC1.CN1CCN(c2cc3c(cc2F)c(=O)c(C=O)cn3C2CC2)CC1. The second-order valence-electron chi connectivity index (χ2n) is 13.5. The number of Topliss-reactive ketones (excluding diaryl/α,β-unsaturated/α-hetero) is 1. The molecule has 4 heterocycles. The fraction of sp³-hybridized carbons (Fsp3) is 0.514. The summed E-state index contributed by atoms with van der Waals surface area (Å²) in [7, 11) is 4.15. The van der Waals surface area contributed by atoms with Crippen LogP contribution in [0.4, 0.5) is 25.8 Å². The fourth-order valence-electron chi connectivity index (χ4n) is 6.95. The number of rotatable bonds is 5. The van der Waals surface area contributed by atoms with Gasteiger partial charge in [-0.1, -0.05) is 0 Å². The molecule has 0 amide bonds. The summed E-state index contributed by atoms with van der Waals surface area (Å²) in [6, 6.07) is 7.34. The van der Waals surface area contributed by atoms with Gasteiger partial charge in [-0.2, -0.15) is 0 Å². The summed E-state index contributed by atoms with van der Waals surface area (Å²) in [4.78, 5) is 46.7. The summed E-state index contributed by atoms with van der Waals surface area (Å²) in [6.45, 7) is 7.65. The number of carbonyl (C=O) groups is 2. The number of pyridine rings is 1. The highest BCUT2D eigenvalue weighted by molar-refractivity contribution is 6.04. The van der Waals surface area contributed by atoms with Crippen molar-refractivity contribution in [1.82, 2.24) is 14.4 Å². The van der Waals surface area contributed by atoms with Gasteiger partial charge in [0.15, 0.2) is 17.5 Å². The van der Waals surface area contributed by atoms with Crippen LogP contribution in [0.25, 0.3) is 10.9 Å². The van der Waals surface area contributed by atoms with E-state index in [2.05, 4.69) is 33.7 Å². The highest BCUT2D eigenvalue weighted by Gasteiger charge is 2.35. The fourth-order valence-corrected chi connectivity index (χ4v) is 6.95. The number of ketones is 1. The average Bonchev–Trinajstić information content (AvgIpc) is 3.98. The van der Waals surface area contributed by atoms with E-state index < -0.39 is 5.82 Å². The van der Waals surface area contributed by atoms with Crippen LogP contribution in [-0.4, -0.2) is 105 Å². The minimum absolute atomic E-state index is 0.0794. The smallest absolute Gasteiger partial charge is 0.199 e. The predicted octanol–water partition coefficient (Wildman–Crippen LogP) is 4.17. The van der Waals surface area contributed by atoms with Gasteiger partial charge in [0, 0.05) is 94.6 Å². The lowest BCUT2D eigenvalue weighted by Crippen LogP contribution is -2.45. The predicted molar refractivity (Wildman–Crippen MR) is 177 cm³/mol. The molecule has 0 bridgehead atoms. The normalized spacial score (nSPS) is 20.9. The molecule has 4 fully saturated rings. The van der Waals surface area contributed by atoms with Crippen LogP contribution in [-0.2, 0) is 0 Å². The highest BCUT2D eigenvalue weighted by atomic mass is 19.1. The number of benzene rings is 2. The van der Waals surface area contributed by atoms with Crippen molar-refractivity contribution in [3.63, 3.8) is 0 Å². The number of hydrogen-bond acceptors (Lipinski definition) is 8. The van der Waals surface area contributed by atoms with Crippen molar-refractivity contribution in [2.75, 3.05) is 87.7 Å². The van der Waals surface area contributed by atoms with Crippen molar-refractivity contribution in [2.45, 2.75) is 44.2 Å². The van der Waals surface area contributed by atoms with Gasteiger partial charge in [0.1, 0.15) is 11.6 Å². The Hall–Kier alpha value is -3.83. The highest BCUT2D eigenvalue weighted by Crippen LogP contribution is 2.40. The summed E-state index contributed by atoms with van der Waals surface area (Å²) in [6.07, 6.45) is 7.13. The zero-order chi connectivity index (χ0) is 32.1. The first-order valence-electron chi connectivity index (χ1n) is 16.6. The summed E-state index contributed by atoms with van der Waals surface area (Å²) >= 11 is 0. The molecule has 0 atom stereocenters. The topological polar surface area (TPSA) is 72.3 Å². The molecule has 1 aromatic heterocycles. The number of anilines is 3. The molecular weight excluding hydrogens is 590 g/mol. The molecule has 46 heavy (non-hydrogen) atoms. The Balaban J connectivity index is 0.000000147. The van der Waals surface area contributed by atoms with Crippen molar-refractivity contribution >= 4 is 40.0 Å². The van der Waals surface area contributed by atoms with E-state index in [0.717, 1.165) is 82.9 Å². The van der Waals surface area contributed by atoms with Gasteiger partial charge in [0.2, 0.25) is 0 Å². The molecular formula is C35H42F2N6O3. The Morgan fingerprint density at radius 2 is 1.26 bits per heavy atom. The average molecular weight is 633 g/mol. The Bertz CT molecular complexity index is 1720. The van der Waals surface area contributed by atoms with E-state index in [4.69, 9.17) is 0 Å². The van der Waals surface area contributed by atoms with Crippen LogP contribution >= 0.6 is 0 Å². The monoisotopic (exact) mass is 632 g/mol. The third kappa shape index (κ3) is 6.02. The Kier molecular flexibility index (Phi) is 8.31. The van der Waals surface area contributed by atoms with E-state index in [1.165, 1.54) is 25.0 Å². The number of piperazine rings is 2. The van der Waals surface area contributed by atoms with Gasteiger partial charge >= 0.3 is 0 Å². The van der Waals surface area contributed by atoms with Gasteiger partial charge in [-0.15, -0.1) is 0 Å². The van der Waals surface area contributed by atoms with Crippen LogP contribution in [0, 0.1) is 11.6 Å². The van der Waals surface area contributed by atoms with E-state index in [1.54, 1.807) is 12.3 Å². The first-order valence-corrected chi connectivity index (χ1v) is 16.6. The molecule has 9 nitrogen and oxygen atoms in total. The molecule has 8 rings (SSSR count). The minimum Gasteiger partial charge on any atom is -0.367 e. The number of likely N-dealkylation sites (N-methyl/N-ethyl adjacent to an activating group) is 2. The quantitative estimate of drug-likeness (QED) is 0.389. The number of aldehydes is 1. The molecule has 11 heteroatoms. The third-order valence-corrected chi connectivity index (χ3v) is 10.1. The van der Waals surface area contributed by atoms with E-state index >= 15 is 0 Å². The maximum absolute atomic E-state index is 14.7. The molecule has 2 saturated heterocycles. The van der Waals surface area contributed by atoms with Crippen LogP contribution in [0.1, 0.15) is 58.9 Å². The van der Waals surface area contributed by atoms with Crippen LogP contribution in [0.5, 0.6) is 0 Å². The molecule has 2 saturated carbocycles. The van der Waals surface area contributed by atoms with E-state index in [0.29, 0.717) is 47.1 Å². The summed E-state index contributed by atoms with van der Waals surface area (Å²) in [5.41, 5.74) is 3.17. The maximum Gasteiger partial charge on any atom is 0.199 e. The number of nitrogens with zero attached hydrogens (tertiary/aromatic N) is 6. The van der Waals surface area contributed by atoms with Gasteiger partial charge in [-0.25, -0.2) is 8.78 Å². The van der Waals surface area contributed by atoms with Crippen molar-refractivity contribution in [3.05, 3.63) is 63.4 Å². The Morgan fingerprint density at radius 1 is 0.696 bits per heavy atom. The molecule has 3 aromatic rings. The number of halogens is 2. The van der Waals surface area contributed by atoms with E-state index in [-0.39, 0.29) is 22.6 Å². The Morgan fingerprint density at radius 3 is 1.83 bits per heavy atom. The van der Waals surface area contributed by atoms with Gasteiger partial charge in [-0.3, -0.25) is 14.4 Å². The zero-order valence-electron chi connectivity index (χ0n) is 26.7. The van der Waals surface area contributed by atoms with E-state index in [9.17, 15) is 23.2 Å². The molecule has 0 spiro atoms. The largest absolute Gasteiger partial charge is 0.367 e. The molecule has 0 unspecified atom stereocenters. The number of fused-ring (bicyclic) bond motifs is 2. The van der Waals surface area contributed by atoms with Crippen LogP contribution < -0.4 is 20.1 Å². The van der Waals surface area contributed by atoms with Crippen molar-refractivity contribution in [3.8, 4) is 0 Å². The molecule has 0 N–H and O–H groups in total. The van der Waals surface area contributed by atoms with Crippen molar-refractivity contribution < 1.29 is 18.4 Å². The summed E-state index contributed by atoms with van der Waals surface area (Å²) < 4.78 is 31.2. The second-order valence-corrected chi connectivity index (χ2v) is 13.5. The molecule has 2 aromatic carbocycles. The molecule has 5 aliphatic rings. The van der Waals surface area contributed by atoms with Crippen LogP contribution in [0.2, 0.25) is 0 Å². The molecule has 0 radical (unpaired) electrons. The molecule has 244 valence electrons. The van der Waals surface area contributed by atoms with Gasteiger partial charge < -0.3 is 29.1 Å². The lowest BCUT2D eigenvalue weighted by Gasteiger charge is -2.36. The maximum atomic E-state index is 14.7.